The second-order valence-electron chi connectivity index (χ2n) is 6.45. The molecule has 1 heterocycles. The van der Waals surface area contributed by atoms with E-state index in [9.17, 15) is 13.2 Å². The lowest BCUT2D eigenvalue weighted by Crippen LogP contribution is -2.46. The fourth-order valence-electron chi connectivity index (χ4n) is 3.03. The van der Waals surface area contributed by atoms with Crippen molar-refractivity contribution in [1.82, 2.24) is 4.90 Å². The highest BCUT2D eigenvalue weighted by Gasteiger charge is 2.37. The number of sulfone groups is 1. The molecule has 0 unspecified atom stereocenters. The van der Waals surface area contributed by atoms with Crippen molar-refractivity contribution in [3.8, 4) is 6.07 Å². The zero-order valence-corrected chi connectivity index (χ0v) is 14.8. The monoisotopic (exact) mass is 346 g/mol. The van der Waals surface area contributed by atoms with Crippen molar-refractivity contribution in [3.05, 3.63) is 41.3 Å². The quantitative estimate of drug-likeness (QED) is 0.785. The zero-order valence-electron chi connectivity index (χ0n) is 14.0. The highest BCUT2D eigenvalue weighted by molar-refractivity contribution is 7.94. The highest BCUT2D eigenvalue weighted by Crippen LogP contribution is 2.32. The van der Waals surface area contributed by atoms with Gasteiger partial charge in [-0.2, -0.15) is 5.26 Å². The number of nitriles is 1. The number of hydrogen-bond acceptors (Lipinski definition) is 4. The average Bonchev–Trinajstić information content (AvgIpc) is 2.60. The zero-order chi connectivity index (χ0) is 17.8. The summed E-state index contributed by atoms with van der Waals surface area (Å²) in [6, 6.07) is 8.20. The molecule has 0 atom stereocenters. The third-order valence-corrected chi connectivity index (χ3v) is 5.83. The standard InChI is InChI=1S/C18H22N2O3S/c1-18(2,17(21)20-12-6-3-7-13-20)15-9-4-5-10-16(15)24(22,23)14-8-11-19/h4-5,8-10,14H,3,6-7,12-13H2,1-2H3/b14-8+. The number of piperidine rings is 1. The Hall–Kier alpha value is -2.13. The molecule has 0 spiro atoms. The molecular formula is C18H22N2O3S. The molecule has 0 N–H and O–H groups in total. The molecule has 1 aromatic carbocycles. The Morgan fingerprint density at radius 3 is 2.46 bits per heavy atom. The van der Waals surface area contributed by atoms with Crippen LogP contribution in [0.1, 0.15) is 38.7 Å². The average molecular weight is 346 g/mol. The minimum atomic E-state index is -3.77. The smallest absolute Gasteiger partial charge is 0.232 e. The van der Waals surface area contributed by atoms with Gasteiger partial charge in [0.2, 0.25) is 15.7 Å². The first-order valence-electron chi connectivity index (χ1n) is 8.01. The summed E-state index contributed by atoms with van der Waals surface area (Å²) in [7, 11) is -3.77. The number of hydrogen-bond donors (Lipinski definition) is 0. The summed E-state index contributed by atoms with van der Waals surface area (Å²) >= 11 is 0. The van der Waals surface area contributed by atoms with Gasteiger partial charge in [-0.05, 0) is 44.7 Å². The molecule has 128 valence electrons. The minimum Gasteiger partial charge on any atom is -0.342 e. The van der Waals surface area contributed by atoms with Crippen LogP contribution in [0.5, 0.6) is 0 Å². The summed E-state index contributed by atoms with van der Waals surface area (Å²) in [4.78, 5) is 14.9. The second-order valence-corrected chi connectivity index (χ2v) is 8.25. The van der Waals surface area contributed by atoms with Crippen molar-refractivity contribution in [3.63, 3.8) is 0 Å². The van der Waals surface area contributed by atoms with Crippen LogP contribution in [0.3, 0.4) is 0 Å². The molecule has 1 aliphatic rings. The maximum atomic E-state index is 13.0. The van der Waals surface area contributed by atoms with Gasteiger partial charge in [0.15, 0.2) is 0 Å². The van der Waals surface area contributed by atoms with E-state index >= 15 is 0 Å². The van der Waals surface area contributed by atoms with E-state index in [0.717, 1.165) is 30.7 Å². The maximum Gasteiger partial charge on any atom is 0.232 e. The molecule has 2 rings (SSSR count). The van der Waals surface area contributed by atoms with Gasteiger partial charge in [0.1, 0.15) is 0 Å². The molecular weight excluding hydrogens is 324 g/mol. The van der Waals surface area contributed by atoms with Crippen LogP contribution in [-0.2, 0) is 20.0 Å². The fourth-order valence-corrected chi connectivity index (χ4v) is 4.32. The van der Waals surface area contributed by atoms with E-state index in [1.807, 2.05) is 4.90 Å². The molecule has 1 saturated heterocycles. The van der Waals surface area contributed by atoms with Gasteiger partial charge in [0, 0.05) is 24.6 Å². The van der Waals surface area contributed by atoms with Gasteiger partial charge in [-0.1, -0.05) is 18.2 Å². The maximum absolute atomic E-state index is 13.0. The molecule has 0 aromatic heterocycles. The summed E-state index contributed by atoms with van der Waals surface area (Å²) < 4.78 is 25.0. The highest BCUT2D eigenvalue weighted by atomic mass is 32.2. The van der Waals surface area contributed by atoms with E-state index in [2.05, 4.69) is 0 Å². The lowest BCUT2D eigenvalue weighted by molar-refractivity contribution is -0.137. The van der Waals surface area contributed by atoms with E-state index in [1.54, 1.807) is 38.1 Å². The molecule has 1 aliphatic heterocycles. The molecule has 24 heavy (non-hydrogen) atoms. The van der Waals surface area contributed by atoms with Gasteiger partial charge in [-0.15, -0.1) is 0 Å². The van der Waals surface area contributed by atoms with Crippen LogP contribution < -0.4 is 0 Å². The molecule has 5 nitrogen and oxygen atoms in total. The second kappa shape index (κ2) is 7.18. The minimum absolute atomic E-state index is 0.0610. The molecule has 1 aromatic rings. The Balaban J connectivity index is 2.46. The number of amides is 1. The molecule has 0 radical (unpaired) electrons. The van der Waals surface area contributed by atoms with E-state index in [-0.39, 0.29) is 10.8 Å². The SMILES string of the molecule is CC(C)(C(=O)N1CCCCC1)c1ccccc1S(=O)(=O)/C=C/C#N. The van der Waals surface area contributed by atoms with Crippen LogP contribution in [0.4, 0.5) is 0 Å². The van der Waals surface area contributed by atoms with Crippen molar-refractivity contribution >= 4 is 15.7 Å². The Kier molecular flexibility index (Phi) is 5.45. The van der Waals surface area contributed by atoms with Crippen LogP contribution >= 0.6 is 0 Å². The topological polar surface area (TPSA) is 78.2 Å². The summed E-state index contributed by atoms with van der Waals surface area (Å²) in [6.07, 6.45) is 4.01. The normalized spacial score (nSPS) is 16.1. The van der Waals surface area contributed by atoms with Gasteiger partial charge in [-0.3, -0.25) is 4.79 Å². The van der Waals surface area contributed by atoms with Crippen LogP contribution in [0.25, 0.3) is 0 Å². The number of carbonyl (C=O) groups excluding carboxylic acids is 1. The molecule has 0 bridgehead atoms. The van der Waals surface area contributed by atoms with Gasteiger partial charge >= 0.3 is 0 Å². The third-order valence-electron chi connectivity index (χ3n) is 4.37. The van der Waals surface area contributed by atoms with Crippen molar-refractivity contribution in [1.29, 1.82) is 5.26 Å². The van der Waals surface area contributed by atoms with Gasteiger partial charge in [0.25, 0.3) is 0 Å². The van der Waals surface area contributed by atoms with E-state index in [0.29, 0.717) is 18.7 Å². The number of likely N-dealkylation sites (tertiary alicyclic amines) is 1. The predicted octanol–water partition coefficient (Wildman–Crippen LogP) is 2.79. The van der Waals surface area contributed by atoms with Crippen molar-refractivity contribution in [2.75, 3.05) is 13.1 Å². The molecule has 6 heteroatoms. The molecule has 0 aliphatic carbocycles. The lowest BCUT2D eigenvalue weighted by Gasteiger charge is -2.35. The van der Waals surface area contributed by atoms with Gasteiger partial charge < -0.3 is 4.90 Å². The van der Waals surface area contributed by atoms with Crippen LogP contribution in [0.15, 0.2) is 40.6 Å². The number of rotatable bonds is 4. The summed E-state index contributed by atoms with van der Waals surface area (Å²) in [5.41, 5.74) is -0.496. The van der Waals surface area contributed by atoms with Crippen LogP contribution in [0.2, 0.25) is 0 Å². The van der Waals surface area contributed by atoms with Crippen molar-refractivity contribution in [2.45, 2.75) is 43.4 Å². The summed E-state index contributed by atoms with van der Waals surface area (Å²) in [5.74, 6) is -0.0610. The number of carbonyl (C=O) groups is 1. The fraction of sp³-hybridized carbons (Fsp3) is 0.444. The number of nitrogens with zero attached hydrogens (tertiary/aromatic N) is 2. The first-order chi connectivity index (χ1) is 11.3. The largest absolute Gasteiger partial charge is 0.342 e. The first-order valence-corrected chi connectivity index (χ1v) is 9.55. The lowest BCUT2D eigenvalue weighted by atomic mass is 9.82. The molecule has 1 amide bonds. The number of benzene rings is 1. The summed E-state index contributed by atoms with van der Waals surface area (Å²) in [6.45, 7) is 4.94. The Bertz CT molecular complexity index is 783. The molecule has 0 saturated carbocycles. The molecule has 1 fully saturated rings. The summed E-state index contributed by atoms with van der Waals surface area (Å²) in [5, 5.41) is 9.48. The van der Waals surface area contributed by atoms with Gasteiger partial charge in [0.05, 0.1) is 16.4 Å². The predicted molar refractivity (Wildman–Crippen MR) is 91.8 cm³/mol. The van der Waals surface area contributed by atoms with Gasteiger partial charge in [-0.25, -0.2) is 8.42 Å². The Morgan fingerprint density at radius 2 is 1.83 bits per heavy atom. The van der Waals surface area contributed by atoms with E-state index in [1.165, 1.54) is 6.07 Å². The van der Waals surface area contributed by atoms with E-state index < -0.39 is 15.3 Å². The Labute approximate surface area is 143 Å². The number of allylic oxidation sites excluding steroid dienone is 1. The first kappa shape index (κ1) is 18.2. The third kappa shape index (κ3) is 3.68. The van der Waals surface area contributed by atoms with Crippen molar-refractivity contribution < 1.29 is 13.2 Å². The van der Waals surface area contributed by atoms with Crippen LogP contribution in [-0.4, -0.2) is 32.3 Å². The van der Waals surface area contributed by atoms with Crippen LogP contribution in [0, 0.1) is 11.3 Å². The van der Waals surface area contributed by atoms with E-state index in [4.69, 9.17) is 5.26 Å². The van der Waals surface area contributed by atoms with Crippen molar-refractivity contribution in [2.24, 2.45) is 0 Å². The Morgan fingerprint density at radius 1 is 1.21 bits per heavy atom.